The van der Waals surface area contributed by atoms with E-state index in [2.05, 4.69) is 18.7 Å². The predicted molar refractivity (Wildman–Crippen MR) is 92.9 cm³/mol. The van der Waals surface area contributed by atoms with Crippen LogP contribution in [0.4, 0.5) is 5.82 Å². The van der Waals surface area contributed by atoms with Crippen molar-refractivity contribution in [3.05, 3.63) is 24.0 Å². The SMILES string of the molecule is Nc1ccnc2c(CC3(OCP(=O)(O)OP(=O)(O)OP(=O)(O)O)CC3)cnn12. The number of anilines is 1. The van der Waals surface area contributed by atoms with Gasteiger partial charge in [-0.1, -0.05) is 0 Å². The van der Waals surface area contributed by atoms with Gasteiger partial charge in [0.2, 0.25) is 0 Å². The molecule has 0 amide bonds. The van der Waals surface area contributed by atoms with Gasteiger partial charge in [-0.25, -0.2) is 18.4 Å². The van der Waals surface area contributed by atoms with E-state index in [1.807, 2.05) is 0 Å². The number of phosphoric acid groups is 2. The molecule has 6 N–H and O–H groups in total. The Balaban J connectivity index is 1.65. The molecule has 17 heteroatoms. The third-order valence-corrected chi connectivity index (χ3v) is 7.78. The number of aromatic nitrogens is 3. The highest BCUT2D eigenvalue weighted by molar-refractivity contribution is 7.68. The van der Waals surface area contributed by atoms with E-state index in [9.17, 15) is 23.5 Å². The highest BCUT2D eigenvalue weighted by atomic mass is 31.3. The second kappa shape index (κ2) is 7.26. The number of nitrogens with two attached hydrogens (primary N) is 1. The summed E-state index contributed by atoms with van der Waals surface area (Å²) < 4.78 is 48.3. The third-order valence-electron chi connectivity index (χ3n) is 3.80. The van der Waals surface area contributed by atoms with Gasteiger partial charge in [-0.3, -0.25) is 4.57 Å². The Bertz CT molecular complexity index is 1030. The van der Waals surface area contributed by atoms with Crippen LogP contribution >= 0.6 is 23.2 Å². The molecule has 1 aliphatic carbocycles. The van der Waals surface area contributed by atoms with E-state index in [1.54, 1.807) is 6.07 Å². The van der Waals surface area contributed by atoms with Crippen molar-refractivity contribution in [1.82, 2.24) is 14.6 Å². The fourth-order valence-electron chi connectivity index (χ4n) is 2.49. The van der Waals surface area contributed by atoms with Crippen LogP contribution in [0, 0.1) is 0 Å². The van der Waals surface area contributed by atoms with E-state index in [4.69, 9.17) is 20.3 Å². The summed E-state index contributed by atoms with van der Waals surface area (Å²) in [5, 5.41) is 4.11. The van der Waals surface area contributed by atoms with Gasteiger partial charge in [0.15, 0.2) is 5.65 Å². The summed E-state index contributed by atoms with van der Waals surface area (Å²) in [4.78, 5) is 40.1. The molecule has 2 aromatic rings. The summed E-state index contributed by atoms with van der Waals surface area (Å²) in [5.41, 5.74) is 6.13. The molecule has 3 rings (SSSR count). The maximum absolute atomic E-state index is 11.9. The minimum absolute atomic E-state index is 0.280. The molecule has 1 saturated carbocycles. The van der Waals surface area contributed by atoms with Gasteiger partial charge in [0, 0.05) is 18.2 Å². The largest absolute Gasteiger partial charge is 0.488 e. The predicted octanol–water partition coefficient (Wildman–Crippen LogP) is 0.772. The van der Waals surface area contributed by atoms with Gasteiger partial charge in [-0.2, -0.15) is 13.9 Å². The molecule has 0 saturated heterocycles. The van der Waals surface area contributed by atoms with Crippen molar-refractivity contribution in [2.45, 2.75) is 24.9 Å². The minimum Gasteiger partial charge on any atom is -0.384 e. The van der Waals surface area contributed by atoms with Crippen molar-refractivity contribution in [2.24, 2.45) is 0 Å². The number of fused-ring (bicyclic) bond motifs is 1. The van der Waals surface area contributed by atoms with Crippen LogP contribution in [0.5, 0.6) is 0 Å². The molecule has 0 bridgehead atoms. The second-order valence-corrected chi connectivity index (χ2v) is 10.9. The van der Waals surface area contributed by atoms with Gasteiger partial charge in [0.1, 0.15) is 12.2 Å². The van der Waals surface area contributed by atoms with Crippen molar-refractivity contribution < 1.29 is 46.6 Å². The molecule has 0 radical (unpaired) electrons. The summed E-state index contributed by atoms with van der Waals surface area (Å²) in [6, 6.07) is 1.57. The van der Waals surface area contributed by atoms with Crippen LogP contribution in [-0.2, 0) is 33.5 Å². The minimum atomic E-state index is -5.49. The van der Waals surface area contributed by atoms with E-state index in [-0.39, 0.29) is 6.42 Å². The lowest BCUT2D eigenvalue weighted by molar-refractivity contribution is 0.0543. The summed E-state index contributed by atoms with van der Waals surface area (Å²) in [7, 11) is -15.8. The zero-order valence-electron chi connectivity index (χ0n) is 14.1. The molecule has 2 atom stereocenters. The van der Waals surface area contributed by atoms with Crippen molar-refractivity contribution >= 4 is 34.7 Å². The van der Waals surface area contributed by atoms with Crippen molar-refractivity contribution in [3.63, 3.8) is 0 Å². The fraction of sp³-hybridized carbons (Fsp3) is 0.455. The third kappa shape index (κ3) is 5.46. The molecule has 0 aromatic carbocycles. The second-order valence-electron chi connectivity index (χ2n) is 6.17. The lowest BCUT2D eigenvalue weighted by atomic mass is 10.1. The average molecular weight is 458 g/mol. The Morgan fingerprint density at radius 3 is 2.46 bits per heavy atom. The highest BCUT2D eigenvalue weighted by Gasteiger charge is 2.47. The topological polar surface area (TPSA) is 216 Å². The van der Waals surface area contributed by atoms with E-state index >= 15 is 0 Å². The van der Waals surface area contributed by atoms with Crippen LogP contribution < -0.4 is 5.73 Å². The van der Waals surface area contributed by atoms with Crippen LogP contribution in [-0.4, -0.2) is 46.1 Å². The standard InChI is InChI=1S/C11H17N4O10P3/c12-9-1-4-13-10-8(6-14-15(9)10)5-11(2-3-11)23-7-26(16,17)24-28(21,22)25-27(18,19)20/h1,4,6H,2-3,5,7,12H2,(H,16,17)(H,21,22)(H2,18,19,20). The van der Waals surface area contributed by atoms with Crippen molar-refractivity contribution in [3.8, 4) is 0 Å². The molecule has 1 fully saturated rings. The average Bonchev–Trinajstić information content (AvgIpc) is 3.15. The van der Waals surface area contributed by atoms with E-state index in [0.29, 0.717) is 29.9 Å². The van der Waals surface area contributed by atoms with Gasteiger partial charge < -0.3 is 30.0 Å². The summed E-state index contributed by atoms with van der Waals surface area (Å²) >= 11 is 0. The molecule has 0 aliphatic heterocycles. The molecule has 14 nitrogen and oxygen atoms in total. The van der Waals surface area contributed by atoms with Gasteiger partial charge in [0.05, 0.1) is 11.8 Å². The maximum Gasteiger partial charge on any atom is 0.488 e. The number of nitrogen functional groups attached to an aromatic ring is 1. The molecule has 156 valence electrons. The number of ether oxygens (including phenoxy) is 1. The summed E-state index contributed by atoms with van der Waals surface area (Å²) in [6.45, 7) is 0. The lowest BCUT2D eigenvalue weighted by Gasteiger charge is -2.20. The Kier molecular flexibility index (Phi) is 5.59. The first-order chi connectivity index (χ1) is 12.8. The first-order valence-electron chi connectivity index (χ1n) is 7.64. The number of hydrogen-bond donors (Lipinski definition) is 5. The van der Waals surface area contributed by atoms with E-state index in [1.165, 1.54) is 16.9 Å². The summed E-state index contributed by atoms with van der Waals surface area (Å²) in [6.07, 6.45) is 3.39. The van der Waals surface area contributed by atoms with Crippen LogP contribution in [0.25, 0.3) is 5.65 Å². The van der Waals surface area contributed by atoms with Crippen LogP contribution in [0.2, 0.25) is 0 Å². The van der Waals surface area contributed by atoms with Gasteiger partial charge >= 0.3 is 23.2 Å². The maximum atomic E-state index is 11.9. The Morgan fingerprint density at radius 2 is 1.86 bits per heavy atom. The number of nitrogens with zero attached hydrogens (tertiary/aromatic N) is 3. The number of rotatable bonds is 9. The first kappa shape index (κ1) is 21.5. The lowest BCUT2D eigenvalue weighted by Crippen LogP contribution is -2.19. The molecule has 28 heavy (non-hydrogen) atoms. The Morgan fingerprint density at radius 1 is 1.18 bits per heavy atom. The van der Waals surface area contributed by atoms with E-state index in [0.717, 1.165) is 0 Å². The van der Waals surface area contributed by atoms with E-state index < -0.39 is 35.2 Å². The zero-order chi connectivity index (χ0) is 20.8. The van der Waals surface area contributed by atoms with Gasteiger partial charge in [0.25, 0.3) is 0 Å². The molecular formula is C11H17N4O10P3. The molecule has 2 heterocycles. The van der Waals surface area contributed by atoms with Crippen LogP contribution in [0.3, 0.4) is 0 Å². The van der Waals surface area contributed by atoms with Gasteiger partial charge in [-0.15, -0.1) is 0 Å². The molecule has 1 aliphatic rings. The molecule has 2 aromatic heterocycles. The van der Waals surface area contributed by atoms with Crippen molar-refractivity contribution in [1.29, 1.82) is 0 Å². The highest BCUT2D eigenvalue weighted by Crippen LogP contribution is 2.66. The summed E-state index contributed by atoms with van der Waals surface area (Å²) in [5.74, 6) is 0.374. The normalized spacial score (nSPS) is 20.6. The number of hydrogen-bond acceptors (Lipinski definition) is 9. The smallest absolute Gasteiger partial charge is 0.384 e. The van der Waals surface area contributed by atoms with Crippen LogP contribution in [0.1, 0.15) is 18.4 Å². The zero-order valence-corrected chi connectivity index (χ0v) is 16.7. The molecule has 0 spiro atoms. The van der Waals surface area contributed by atoms with Gasteiger partial charge in [-0.05, 0) is 18.9 Å². The van der Waals surface area contributed by atoms with Crippen molar-refractivity contribution in [2.75, 3.05) is 12.1 Å². The quantitative estimate of drug-likeness (QED) is 0.329. The fourth-order valence-corrected chi connectivity index (χ4v) is 5.87. The first-order valence-corrected chi connectivity index (χ1v) is 12.4. The Hall–Kier alpha value is -1.17. The monoisotopic (exact) mass is 458 g/mol. The Labute approximate surface area is 157 Å². The molecule has 2 unspecified atom stereocenters. The van der Waals surface area contributed by atoms with Crippen LogP contribution in [0.15, 0.2) is 18.5 Å². The molecular weight excluding hydrogens is 441 g/mol.